The number of carbonyl (C=O) groups is 1. The number of benzene rings is 1. The maximum absolute atomic E-state index is 11.4. The van der Waals surface area contributed by atoms with E-state index >= 15 is 0 Å². The molecule has 3 rings (SSSR count). The zero-order valence-electron chi connectivity index (χ0n) is 11.3. The van der Waals surface area contributed by atoms with Gasteiger partial charge in [-0.3, -0.25) is 0 Å². The fourth-order valence-corrected chi connectivity index (χ4v) is 4.09. The van der Waals surface area contributed by atoms with Gasteiger partial charge >= 0.3 is 5.97 Å². The number of carboxylic acids is 1. The molecule has 2 aromatic heterocycles. The Morgan fingerprint density at radius 1 is 1.24 bits per heavy atom. The molecular formula is C16H15NO2S2. The third kappa shape index (κ3) is 3.15. The number of aromatic carboxylic acids is 1. The molecule has 0 aliphatic heterocycles. The molecule has 0 unspecified atom stereocenters. The summed E-state index contributed by atoms with van der Waals surface area (Å²) in [5, 5.41) is 18.0. The van der Waals surface area contributed by atoms with Crippen LogP contribution in [0.1, 0.15) is 20.8 Å². The standard InChI is InChI=1S/C16H15NO2S2/c18-16(19)15-13(12-3-1-2-4-14(12)21-15)9-17-7-5-11-6-8-20-10-11/h1-4,6,8,10,17H,5,7,9H2,(H,18,19). The minimum atomic E-state index is -0.842. The smallest absolute Gasteiger partial charge is 0.346 e. The molecule has 0 spiro atoms. The second-order valence-electron chi connectivity index (χ2n) is 4.77. The van der Waals surface area contributed by atoms with Crippen LogP contribution in [-0.2, 0) is 13.0 Å². The van der Waals surface area contributed by atoms with Gasteiger partial charge in [-0.15, -0.1) is 11.3 Å². The van der Waals surface area contributed by atoms with Gasteiger partial charge in [0.05, 0.1) is 0 Å². The molecule has 0 saturated heterocycles. The molecular weight excluding hydrogens is 302 g/mol. The Hall–Kier alpha value is -1.69. The summed E-state index contributed by atoms with van der Waals surface area (Å²) in [6, 6.07) is 9.98. The van der Waals surface area contributed by atoms with Gasteiger partial charge in [-0.2, -0.15) is 11.3 Å². The highest BCUT2D eigenvalue weighted by Crippen LogP contribution is 2.31. The highest BCUT2D eigenvalue weighted by atomic mass is 32.1. The first kappa shape index (κ1) is 14.3. The molecule has 1 aromatic carbocycles. The van der Waals surface area contributed by atoms with Crippen molar-refractivity contribution in [2.75, 3.05) is 6.54 Å². The molecule has 3 aromatic rings. The Morgan fingerprint density at radius 2 is 2.10 bits per heavy atom. The maximum Gasteiger partial charge on any atom is 0.346 e. The average Bonchev–Trinajstić information content (AvgIpc) is 3.11. The van der Waals surface area contributed by atoms with Gasteiger partial charge in [0.2, 0.25) is 0 Å². The fourth-order valence-electron chi connectivity index (χ4n) is 2.33. The van der Waals surface area contributed by atoms with Crippen molar-refractivity contribution in [3.8, 4) is 0 Å². The lowest BCUT2D eigenvalue weighted by atomic mass is 10.1. The number of hydrogen-bond donors (Lipinski definition) is 2. The van der Waals surface area contributed by atoms with Gasteiger partial charge < -0.3 is 10.4 Å². The lowest BCUT2D eigenvalue weighted by molar-refractivity contribution is 0.0701. The quantitative estimate of drug-likeness (QED) is 0.676. The lowest BCUT2D eigenvalue weighted by Crippen LogP contribution is -2.17. The number of nitrogens with one attached hydrogen (secondary N) is 1. The summed E-state index contributed by atoms with van der Waals surface area (Å²) in [6.07, 6.45) is 0.966. The van der Waals surface area contributed by atoms with Gasteiger partial charge in [-0.1, -0.05) is 18.2 Å². The van der Waals surface area contributed by atoms with Crippen molar-refractivity contribution in [3.63, 3.8) is 0 Å². The molecule has 0 bridgehead atoms. The molecule has 21 heavy (non-hydrogen) atoms. The molecule has 3 nitrogen and oxygen atoms in total. The topological polar surface area (TPSA) is 49.3 Å². The molecule has 0 radical (unpaired) electrons. The molecule has 5 heteroatoms. The van der Waals surface area contributed by atoms with Crippen molar-refractivity contribution in [2.24, 2.45) is 0 Å². The summed E-state index contributed by atoms with van der Waals surface area (Å²) in [4.78, 5) is 11.8. The van der Waals surface area contributed by atoms with E-state index in [0.717, 1.165) is 28.6 Å². The van der Waals surface area contributed by atoms with E-state index in [0.29, 0.717) is 11.4 Å². The van der Waals surface area contributed by atoms with Crippen LogP contribution in [0.25, 0.3) is 10.1 Å². The van der Waals surface area contributed by atoms with Crippen LogP contribution < -0.4 is 5.32 Å². The zero-order valence-corrected chi connectivity index (χ0v) is 13.0. The maximum atomic E-state index is 11.4. The Labute approximate surface area is 130 Å². The van der Waals surface area contributed by atoms with E-state index < -0.39 is 5.97 Å². The SMILES string of the molecule is O=C(O)c1sc2ccccc2c1CNCCc1ccsc1. The third-order valence-corrected chi connectivity index (χ3v) is 5.30. The largest absolute Gasteiger partial charge is 0.477 e. The lowest BCUT2D eigenvalue weighted by Gasteiger charge is -2.05. The molecule has 2 N–H and O–H groups in total. The van der Waals surface area contributed by atoms with Crippen LogP contribution in [0.15, 0.2) is 41.1 Å². The first-order valence-electron chi connectivity index (χ1n) is 6.71. The minimum Gasteiger partial charge on any atom is -0.477 e. The van der Waals surface area contributed by atoms with Gasteiger partial charge in [0.15, 0.2) is 0 Å². The molecule has 0 atom stereocenters. The van der Waals surface area contributed by atoms with E-state index in [-0.39, 0.29) is 0 Å². The molecule has 0 saturated carbocycles. The number of carboxylic acid groups (broad SMARTS) is 1. The molecule has 108 valence electrons. The summed E-state index contributed by atoms with van der Waals surface area (Å²) in [5.74, 6) is -0.842. The molecule has 0 aliphatic rings. The fraction of sp³-hybridized carbons (Fsp3) is 0.188. The van der Waals surface area contributed by atoms with E-state index in [1.165, 1.54) is 16.9 Å². The van der Waals surface area contributed by atoms with Crippen LogP contribution >= 0.6 is 22.7 Å². The van der Waals surface area contributed by atoms with Crippen LogP contribution in [0.2, 0.25) is 0 Å². The van der Waals surface area contributed by atoms with Gasteiger partial charge in [0.25, 0.3) is 0 Å². The van der Waals surface area contributed by atoms with Crippen molar-refractivity contribution in [1.29, 1.82) is 0 Å². The normalized spacial score (nSPS) is 11.0. The number of hydrogen-bond acceptors (Lipinski definition) is 4. The first-order chi connectivity index (χ1) is 10.3. The van der Waals surface area contributed by atoms with Crippen LogP contribution in [0, 0.1) is 0 Å². The van der Waals surface area contributed by atoms with Gasteiger partial charge in [0, 0.05) is 11.2 Å². The molecule has 0 fully saturated rings. The summed E-state index contributed by atoms with van der Waals surface area (Å²) in [5.41, 5.74) is 2.22. The van der Waals surface area contributed by atoms with Crippen molar-refractivity contribution < 1.29 is 9.90 Å². The first-order valence-corrected chi connectivity index (χ1v) is 8.47. The monoisotopic (exact) mass is 317 g/mol. The van der Waals surface area contributed by atoms with E-state index in [4.69, 9.17) is 0 Å². The molecule has 2 heterocycles. The highest BCUT2D eigenvalue weighted by molar-refractivity contribution is 7.21. The van der Waals surface area contributed by atoms with E-state index in [1.54, 1.807) is 11.3 Å². The predicted octanol–water partition coefficient (Wildman–Crippen LogP) is 3.99. The van der Waals surface area contributed by atoms with Crippen LogP contribution in [0.4, 0.5) is 0 Å². The van der Waals surface area contributed by atoms with Gasteiger partial charge in [-0.25, -0.2) is 4.79 Å². The summed E-state index contributed by atoms with van der Waals surface area (Å²) in [7, 11) is 0. The van der Waals surface area contributed by atoms with Crippen molar-refractivity contribution in [3.05, 3.63) is 57.1 Å². The van der Waals surface area contributed by atoms with E-state index in [9.17, 15) is 9.90 Å². The number of thiophene rings is 2. The van der Waals surface area contributed by atoms with Gasteiger partial charge in [0.1, 0.15) is 4.88 Å². The average molecular weight is 317 g/mol. The van der Waals surface area contributed by atoms with Crippen LogP contribution in [-0.4, -0.2) is 17.6 Å². The predicted molar refractivity (Wildman–Crippen MR) is 88.5 cm³/mol. The summed E-state index contributed by atoms with van der Waals surface area (Å²) in [6.45, 7) is 1.44. The van der Waals surface area contributed by atoms with Crippen molar-refractivity contribution >= 4 is 38.7 Å². The minimum absolute atomic E-state index is 0.444. The second-order valence-corrected chi connectivity index (χ2v) is 6.60. The van der Waals surface area contributed by atoms with Crippen molar-refractivity contribution in [2.45, 2.75) is 13.0 Å². The number of fused-ring (bicyclic) bond motifs is 1. The highest BCUT2D eigenvalue weighted by Gasteiger charge is 2.16. The van der Waals surface area contributed by atoms with Crippen molar-refractivity contribution in [1.82, 2.24) is 5.32 Å². The Balaban J connectivity index is 1.73. The Morgan fingerprint density at radius 3 is 2.86 bits per heavy atom. The zero-order chi connectivity index (χ0) is 14.7. The van der Waals surface area contributed by atoms with Gasteiger partial charge in [-0.05, 0) is 52.4 Å². The Bertz CT molecular complexity index is 747. The second kappa shape index (κ2) is 6.39. The molecule has 0 aliphatic carbocycles. The summed E-state index contributed by atoms with van der Waals surface area (Å²) >= 11 is 3.05. The van der Waals surface area contributed by atoms with Crippen LogP contribution in [0.3, 0.4) is 0 Å². The third-order valence-electron chi connectivity index (χ3n) is 3.36. The summed E-state index contributed by atoms with van der Waals surface area (Å²) < 4.78 is 1.03. The van der Waals surface area contributed by atoms with E-state index in [2.05, 4.69) is 22.1 Å². The van der Waals surface area contributed by atoms with E-state index in [1.807, 2.05) is 24.3 Å². The Kier molecular flexibility index (Phi) is 4.34. The van der Waals surface area contributed by atoms with Crippen LogP contribution in [0.5, 0.6) is 0 Å². The number of rotatable bonds is 6. The molecule has 0 amide bonds.